The van der Waals surface area contributed by atoms with Crippen LogP contribution < -0.4 is 5.32 Å². The summed E-state index contributed by atoms with van der Waals surface area (Å²) in [6.45, 7) is 6.57. The van der Waals surface area contributed by atoms with Crippen molar-refractivity contribution in [3.63, 3.8) is 0 Å². The molecule has 1 aliphatic carbocycles. The maximum atomic E-state index is 5.62. The normalized spacial score (nSPS) is 26.2. The molecule has 4 nitrogen and oxygen atoms in total. The van der Waals surface area contributed by atoms with Gasteiger partial charge in [-0.3, -0.25) is 0 Å². The quantitative estimate of drug-likeness (QED) is 0.637. The van der Waals surface area contributed by atoms with Crippen LogP contribution in [0.1, 0.15) is 12.8 Å². The molecule has 4 heteroatoms. The molecule has 1 unspecified atom stereocenters. The largest absolute Gasteiger partial charge is 0.380 e. The molecular weight excluding hydrogens is 204 g/mol. The van der Waals surface area contributed by atoms with Crippen LogP contribution in [-0.2, 0) is 9.47 Å². The van der Waals surface area contributed by atoms with Crippen molar-refractivity contribution in [3.8, 4) is 0 Å². The summed E-state index contributed by atoms with van der Waals surface area (Å²) in [7, 11) is 2.15. The Balaban J connectivity index is 1.47. The van der Waals surface area contributed by atoms with Gasteiger partial charge in [0.15, 0.2) is 0 Å². The molecule has 2 aliphatic rings. The zero-order valence-electron chi connectivity index (χ0n) is 10.3. The summed E-state index contributed by atoms with van der Waals surface area (Å²) in [6, 6.07) is 0.488. The Hall–Kier alpha value is -0.160. The van der Waals surface area contributed by atoms with Crippen molar-refractivity contribution in [1.82, 2.24) is 10.2 Å². The summed E-state index contributed by atoms with van der Waals surface area (Å²) < 4.78 is 11.1. The lowest BCUT2D eigenvalue weighted by Gasteiger charge is -2.28. The fraction of sp³-hybridized carbons (Fsp3) is 1.00. The van der Waals surface area contributed by atoms with Crippen molar-refractivity contribution in [2.75, 3.05) is 53.1 Å². The van der Waals surface area contributed by atoms with Gasteiger partial charge in [-0.05, 0) is 25.8 Å². The van der Waals surface area contributed by atoms with Crippen molar-refractivity contribution >= 4 is 0 Å². The monoisotopic (exact) mass is 228 g/mol. The topological polar surface area (TPSA) is 33.7 Å². The van der Waals surface area contributed by atoms with Gasteiger partial charge in [-0.25, -0.2) is 0 Å². The molecule has 2 fully saturated rings. The number of likely N-dealkylation sites (N-methyl/N-ethyl adjacent to an activating group) is 1. The molecule has 0 aromatic heterocycles. The van der Waals surface area contributed by atoms with E-state index in [0.717, 1.165) is 52.0 Å². The summed E-state index contributed by atoms with van der Waals surface area (Å²) in [4.78, 5) is 2.32. The van der Waals surface area contributed by atoms with E-state index in [2.05, 4.69) is 17.3 Å². The Labute approximate surface area is 98.3 Å². The Morgan fingerprint density at radius 1 is 1.44 bits per heavy atom. The van der Waals surface area contributed by atoms with Gasteiger partial charge in [0.2, 0.25) is 0 Å². The van der Waals surface area contributed by atoms with Gasteiger partial charge in [-0.2, -0.15) is 0 Å². The fourth-order valence-corrected chi connectivity index (χ4v) is 1.96. The van der Waals surface area contributed by atoms with Crippen molar-refractivity contribution in [3.05, 3.63) is 0 Å². The average molecular weight is 228 g/mol. The molecule has 94 valence electrons. The van der Waals surface area contributed by atoms with Crippen LogP contribution in [0.2, 0.25) is 0 Å². The molecular formula is C12H24N2O2. The number of ether oxygens (including phenoxy) is 2. The highest BCUT2D eigenvalue weighted by molar-refractivity contribution is 4.74. The molecule has 0 aromatic carbocycles. The first-order valence-electron chi connectivity index (χ1n) is 6.42. The molecule has 0 spiro atoms. The standard InChI is InChI=1S/C12H24N2O2/c1-14(5-7-16-9-11-2-3-11)8-12-10-15-6-4-13-12/h11-13H,2-10H2,1H3. The SMILES string of the molecule is CN(CCOCC1CC1)CC1COCCN1. The van der Waals surface area contributed by atoms with E-state index in [1.54, 1.807) is 0 Å². The smallest absolute Gasteiger partial charge is 0.0632 e. The van der Waals surface area contributed by atoms with Crippen LogP contribution in [0.4, 0.5) is 0 Å². The van der Waals surface area contributed by atoms with Crippen LogP contribution in [0.25, 0.3) is 0 Å². The highest BCUT2D eigenvalue weighted by atomic mass is 16.5. The highest BCUT2D eigenvalue weighted by Gasteiger charge is 2.21. The van der Waals surface area contributed by atoms with Crippen molar-refractivity contribution < 1.29 is 9.47 Å². The van der Waals surface area contributed by atoms with E-state index in [1.165, 1.54) is 12.8 Å². The highest BCUT2D eigenvalue weighted by Crippen LogP contribution is 2.28. The third-order valence-corrected chi connectivity index (χ3v) is 3.20. The molecule has 0 aromatic rings. The molecule has 16 heavy (non-hydrogen) atoms. The minimum atomic E-state index is 0.488. The number of nitrogens with one attached hydrogen (secondary N) is 1. The van der Waals surface area contributed by atoms with Gasteiger partial charge >= 0.3 is 0 Å². The lowest BCUT2D eigenvalue weighted by atomic mass is 10.2. The maximum absolute atomic E-state index is 5.62. The Morgan fingerprint density at radius 2 is 2.31 bits per heavy atom. The maximum Gasteiger partial charge on any atom is 0.0632 e. The van der Waals surface area contributed by atoms with Crippen LogP contribution in [0.5, 0.6) is 0 Å². The van der Waals surface area contributed by atoms with Gasteiger partial charge < -0.3 is 19.7 Å². The zero-order chi connectivity index (χ0) is 11.2. The van der Waals surface area contributed by atoms with Gasteiger partial charge in [-0.15, -0.1) is 0 Å². The Kier molecular flexibility index (Phi) is 5.03. The molecule has 1 N–H and O–H groups in total. The molecule has 0 radical (unpaired) electrons. The molecule has 1 aliphatic heterocycles. The van der Waals surface area contributed by atoms with E-state index in [1.807, 2.05) is 0 Å². The summed E-state index contributed by atoms with van der Waals surface area (Å²) in [5.41, 5.74) is 0. The number of rotatable bonds is 7. The van der Waals surface area contributed by atoms with E-state index >= 15 is 0 Å². The first-order chi connectivity index (χ1) is 7.84. The summed E-state index contributed by atoms with van der Waals surface area (Å²) in [5.74, 6) is 0.874. The predicted molar refractivity (Wildman–Crippen MR) is 63.6 cm³/mol. The Bertz CT molecular complexity index is 191. The number of nitrogens with zero attached hydrogens (tertiary/aromatic N) is 1. The molecule has 0 bridgehead atoms. The first kappa shape index (κ1) is 12.3. The molecule has 0 amide bonds. The summed E-state index contributed by atoms with van der Waals surface area (Å²) in [5, 5.41) is 3.46. The van der Waals surface area contributed by atoms with Crippen molar-refractivity contribution in [1.29, 1.82) is 0 Å². The van der Waals surface area contributed by atoms with Crippen LogP contribution in [0.3, 0.4) is 0 Å². The van der Waals surface area contributed by atoms with Gasteiger partial charge in [0.25, 0.3) is 0 Å². The lowest BCUT2D eigenvalue weighted by Crippen LogP contribution is -2.48. The van der Waals surface area contributed by atoms with E-state index < -0.39 is 0 Å². The predicted octanol–water partition coefficient (Wildman–Crippen LogP) is 0.333. The second kappa shape index (κ2) is 6.55. The number of hydrogen-bond donors (Lipinski definition) is 1. The summed E-state index contributed by atoms with van der Waals surface area (Å²) >= 11 is 0. The van der Waals surface area contributed by atoms with Gasteiger partial charge in [-0.1, -0.05) is 0 Å². The van der Waals surface area contributed by atoms with E-state index in [4.69, 9.17) is 9.47 Å². The number of hydrogen-bond acceptors (Lipinski definition) is 4. The van der Waals surface area contributed by atoms with E-state index in [9.17, 15) is 0 Å². The summed E-state index contributed by atoms with van der Waals surface area (Å²) in [6.07, 6.45) is 2.75. The van der Waals surface area contributed by atoms with E-state index in [-0.39, 0.29) is 0 Å². The second-order valence-corrected chi connectivity index (χ2v) is 5.01. The third-order valence-electron chi connectivity index (χ3n) is 3.20. The molecule has 2 rings (SSSR count). The third kappa shape index (κ3) is 4.78. The minimum absolute atomic E-state index is 0.488. The van der Waals surface area contributed by atoms with Crippen molar-refractivity contribution in [2.24, 2.45) is 5.92 Å². The van der Waals surface area contributed by atoms with Crippen LogP contribution in [0, 0.1) is 5.92 Å². The first-order valence-corrected chi connectivity index (χ1v) is 6.42. The Morgan fingerprint density at radius 3 is 3.00 bits per heavy atom. The van der Waals surface area contributed by atoms with Gasteiger partial charge in [0.1, 0.15) is 0 Å². The van der Waals surface area contributed by atoms with Crippen LogP contribution in [-0.4, -0.2) is 64.1 Å². The van der Waals surface area contributed by atoms with Crippen molar-refractivity contribution in [2.45, 2.75) is 18.9 Å². The lowest BCUT2D eigenvalue weighted by molar-refractivity contribution is 0.0567. The second-order valence-electron chi connectivity index (χ2n) is 5.01. The van der Waals surface area contributed by atoms with E-state index in [0.29, 0.717) is 6.04 Å². The molecule has 1 atom stereocenters. The van der Waals surface area contributed by atoms with Crippen LogP contribution in [0.15, 0.2) is 0 Å². The van der Waals surface area contributed by atoms with Gasteiger partial charge in [0, 0.05) is 32.3 Å². The van der Waals surface area contributed by atoms with Crippen LogP contribution >= 0.6 is 0 Å². The number of morpholine rings is 1. The molecule has 1 saturated carbocycles. The van der Waals surface area contributed by atoms with Gasteiger partial charge in [0.05, 0.1) is 19.8 Å². The fourth-order valence-electron chi connectivity index (χ4n) is 1.96. The zero-order valence-corrected chi connectivity index (χ0v) is 10.3. The molecule has 1 heterocycles. The average Bonchev–Trinajstić information content (AvgIpc) is 3.10. The molecule has 1 saturated heterocycles. The minimum Gasteiger partial charge on any atom is -0.380 e.